The van der Waals surface area contributed by atoms with Crippen molar-refractivity contribution in [1.29, 1.82) is 0 Å². The zero-order valence-electron chi connectivity index (χ0n) is 15.0. The number of hydrogen-bond donors (Lipinski definition) is 1. The van der Waals surface area contributed by atoms with Gasteiger partial charge in [-0.3, -0.25) is 4.79 Å². The van der Waals surface area contributed by atoms with E-state index in [2.05, 4.69) is 0 Å². The van der Waals surface area contributed by atoms with Gasteiger partial charge in [-0.15, -0.1) is 0 Å². The molecule has 0 unspecified atom stereocenters. The molecule has 0 aliphatic carbocycles. The lowest BCUT2D eigenvalue weighted by Crippen LogP contribution is -2.44. The summed E-state index contributed by atoms with van der Waals surface area (Å²) in [5, 5.41) is 0.377. The summed E-state index contributed by atoms with van der Waals surface area (Å²) in [6.45, 7) is 2.54. The smallest absolute Gasteiger partial charge is 0.434 e. The molecule has 0 saturated heterocycles. The summed E-state index contributed by atoms with van der Waals surface area (Å²) in [6.07, 6.45) is 0.326. The fourth-order valence-corrected chi connectivity index (χ4v) is 3.34. The number of nitrogens with two attached hydrogens (primary N) is 1. The topological polar surface area (TPSA) is 81.9 Å². The number of para-hydroxylation sites is 1. The Labute approximate surface area is 162 Å². The van der Waals surface area contributed by atoms with Crippen LogP contribution < -0.4 is 15.4 Å². The largest absolute Gasteiger partial charge is 0.513 e. The lowest BCUT2D eigenvalue weighted by Gasteiger charge is -2.22. The van der Waals surface area contributed by atoms with Gasteiger partial charge in [-0.25, -0.2) is 4.79 Å². The van der Waals surface area contributed by atoms with Crippen LogP contribution in [0.15, 0.2) is 42.5 Å². The first-order chi connectivity index (χ1) is 13.0. The van der Waals surface area contributed by atoms with Crippen molar-refractivity contribution in [3.8, 4) is 5.75 Å². The second kappa shape index (κ2) is 8.41. The van der Waals surface area contributed by atoms with E-state index in [9.17, 15) is 9.59 Å². The van der Waals surface area contributed by atoms with Crippen LogP contribution in [0.25, 0.3) is 0 Å². The molecule has 3 rings (SSSR count). The Balaban J connectivity index is 1.66. The summed E-state index contributed by atoms with van der Waals surface area (Å²) in [5.41, 5.74) is 8.94. The van der Waals surface area contributed by atoms with Gasteiger partial charge in [0.05, 0.1) is 12.6 Å². The minimum absolute atomic E-state index is 0.136. The van der Waals surface area contributed by atoms with Gasteiger partial charge in [-0.2, -0.15) is 0 Å². The number of benzene rings is 2. The van der Waals surface area contributed by atoms with E-state index in [-0.39, 0.29) is 24.7 Å². The molecule has 2 aromatic rings. The van der Waals surface area contributed by atoms with Gasteiger partial charge in [0.2, 0.25) is 5.91 Å². The molecular formula is C20H21ClN2O4. The molecule has 1 aliphatic heterocycles. The number of carbonyl (C=O) groups is 2. The lowest BCUT2D eigenvalue weighted by atomic mass is 10.0. The normalized spacial score (nSPS) is 13.8. The van der Waals surface area contributed by atoms with Crippen LogP contribution in [0.4, 0.5) is 10.5 Å². The summed E-state index contributed by atoms with van der Waals surface area (Å²) in [6, 6.07) is 11.9. The highest BCUT2D eigenvalue weighted by Gasteiger charge is 2.28. The Hall–Kier alpha value is -2.57. The molecular weight excluding hydrogens is 368 g/mol. The number of fused-ring (bicyclic) bond motifs is 1. The molecule has 0 saturated carbocycles. The van der Waals surface area contributed by atoms with Crippen LogP contribution in [-0.4, -0.2) is 31.3 Å². The zero-order valence-corrected chi connectivity index (χ0v) is 15.7. The summed E-state index contributed by atoms with van der Waals surface area (Å²) in [4.78, 5) is 25.9. The van der Waals surface area contributed by atoms with Gasteiger partial charge in [0.25, 0.3) is 0 Å². The molecule has 0 bridgehead atoms. The minimum atomic E-state index is -0.791. The first-order valence-corrected chi connectivity index (χ1v) is 9.15. The van der Waals surface area contributed by atoms with E-state index < -0.39 is 12.2 Å². The summed E-state index contributed by atoms with van der Waals surface area (Å²) in [5.74, 6) is 0.137. The Morgan fingerprint density at radius 1 is 1.26 bits per heavy atom. The first kappa shape index (κ1) is 19.2. The van der Waals surface area contributed by atoms with E-state index in [1.165, 1.54) is 6.07 Å². The van der Waals surface area contributed by atoms with Crippen molar-refractivity contribution in [2.75, 3.05) is 18.1 Å². The zero-order chi connectivity index (χ0) is 19.4. The highest BCUT2D eigenvalue weighted by atomic mass is 35.5. The molecule has 1 amide bonds. The molecule has 2 N–H and O–H groups in total. The highest BCUT2D eigenvalue weighted by Crippen LogP contribution is 2.29. The molecule has 6 nitrogen and oxygen atoms in total. The van der Waals surface area contributed by atoms with Crippen molar-refractivity contribution in [2.24, 2.45) is 5.73 Å². The monoisotopic (exact) mass is 388 g/mol. The third-order valence-corrected chi connectivity index (χ3v) is 4.75. The van der Waals surface area contributed by atoms with Crippen molar-refractivity contribution in [1.82, 2.24) is 0 Å². The molecule has 7 heteroatoms. The van der Waals surface area contributed by atoms with E-state index in [4.69, 9.17) is 26.8 Å². The van der Waals surface area contributed by atoms with Crippen molar-refractivity contribution in [3.63, 3.8) is 0 Å². The molecule has 0 aromatic heterocycles. The van der Waals surface area contributed by atoms with Gasteiger partial charge in [-0.1, -0.05) is 35.9 Å². The van der Waals surface area contributed by atoms with Gasteiger partial charge in [0, 0.05) is 17.3 Å². The third kappa shape index (κ3) is 4.40. The molecule has 0 fully saturated rings. The minimum Gasteiger partial charge on any atom is -0.434 e. The number of rotatable bonds is 5. The molecule has 142 valence electrons. The highest BCUT2D eigenvalue weighted by molar-refractivity contribution is 6.31. The molecule has 1 heterocycles. The van der Waals surface area contributed by atoms with E-state index >= 15 is 0 Å². The van der Waals surface area contributed by atoms with Gasteiger partial charge in [0.15, 0.2) is 0 Å². The molecule has 27 heavy (non-hydrogen) atoms. The fraction of sp³-hybridized carbons (Fsp3) is 0.300. The second-order valence-electron chi connectivity index (χ2n) is 6.22. The molecule has 0 radical (unpaired) electrons. The van der Waals surface area contributed by atoms with Crippen LogP contribution >= 0.6 is 11.6 Å². The third-order valence-electron chi connectivity index (χ3n) is 4.40. The Morgan fingerprint density at radius 3 is 2.78 bits per heavy atom. The Bertz CT molecular complexity index is 856. The summed E-state index contributed by atoms with van der Waals surface area (Å²) < 4.78 is 9.73. The first-order valence-electron chi connectivity index (χ1n) is 8.77. The van der Waals surface area contributed by atoms with Crippen molar-refractivity contribution in [3.05, 3.63) is 58.6 Å². The average Bonchev–Trinajstić information content (AvgIpc) is 3.07. The quantitative estimate of drug-likeness (QED) is 0.627. The van der Waals surface area contributed by atoms with Crippen LogP contribution in [0.5, 0.6) is 5.75 Å². The van der Waals surface area contributed by atoms with Crippen molar-refractivity contribution >= 4 is 29.4 Å². The Morgan fingerprint density at radius 2 is 2.04 bits per heavy atom. The number of anilines is 1. The SMILES string of the molecule is CCOC(=O)Oc1ccc(C[C@@H](N)C(=O)N2CCc3ccccc32)c(Cl)c1. The summed E-state index contributed by atoms with van der Waals surface area (Å²) >= 11 is 6.27. The van der Waals surface area contributed by atoms with E-state index in [0.29, 0.717) is 17.1 Å². The standard InChI is InChI=1S/C20H21ClN2O4/c1-2-26-20(25)27-15-8-7-14(16(21)12-15)11-17(22)19(24)23-10-9-13-5-3-4-6-18(13)23/h3-8,12,17H,2,9-11,22H2,1H3/t17-/m1/s1. The summed E-state index contributed by atoms with van der Waals surface area (Å²) in [7, 11) is 0. The van der Waals surface area contributed by atoms with Gasteiger partial charge in [-0.05, 0) is 49.1 Å². The van der Waals surface area contributed by atoms with Crippen LogP contribution in [0.3, 0.4) is 0 Å². The predicted octanol–water partition coefficient (Wildman–Crippen LogP) is 3.33. The van der Waals surface area contributed by atoms with Crippen LogP contribution in [0, 0.1) is 0 Å². The van der Waals surface area contributed by atoms with Crippen LogP contribution in [0.1, 0.15) is 18.1 Å². The number of carbonyl (C=O) groups excluding carboxylic acids is 2. The predicted molar refractivity (Wildman–Crippen MR) is 103 cm³/mol. The van der Waals surface area contributed by atoms with Gasteiger partial charge >= 0.3 is 6.16 Å². The van der Waals surface area contributed by atoms with E-state index in [1.54, 1.807) is 24.0 Å². The average molecular weight is 389 g/mol. The van der Waals surface area contributed by atoms with Crippen molar-refractivity contribution in [2.45, 2.75) is 25.8 Å². The maximum Gasteiger partial charge on any atom is 0.513 e. The molecule has 2 aromatic carbocycles. The lowest BCUT2D eigenvalue weighted by molar-refractivity contribution is -0.119. The number of ether oxygens (including phenoxy) is 2. The van der Waals surface area contributed by atoms with Crippen LogP contribution in [0.2, 0.25) is 5.02 Å². The number of amides is 1. The van der Waals surface area contributed by atoms with E-state index in [1.807, 2.05) is 24.3 Å². The van der Waals surface area contributed by atoms with Gasteiger partial charge in [0.1, 0.15) is 5.75 Å². The van der Waals surface area contributed by atoms with Crippen LogP contribution in [-0.2, 0) is 22.4 Å². The number of halogens is 1. The maximum atomic E-state index is 12.8. The molecule has 1 aliphatic rings. The van der Waals surface area contributed by atoms with Gasteiger partial charge < -0.3 is 20.1 Å². The molecule has 1 atom stereocenters. The van der Waals surface area contributed by atoms with E-state index in [0.717, 1.165) is 17.7 Å². The maximum absolute atomic E-state index is 12.8. The number of nitrogens with zero attached hydrogens (tertiary/aromatic N) is 1. The Kier molecular flexibility index (Phi) is 5.98. The van der Waals surface area contributed by atoms with Crippen molar-refractivity contribution < 1.29 is 19.1 Å². The second-order valence-corrected chi connectivity index (χ2v) is 6.62. The number of hydrogen-bond acceptors (Lipinski definition) is 5. The molecule has 0 spiro atoms. The fourth-order valence-electron chi connectivity index (χ4n) is 3.09.